The van der Waals surface area contributed by atoms with Crippen LogP contribution in [-0.4, -0.2) is 34.9 Å². The van der Waals surface area contributed by atoms with E-state index in [0.29, 0.717) is 11.4 Å². The highest BCUT2D eigenvalue weighted by molar-refractivity contribution is 5.96. The number of benzene rings is 2. The number of aromatic nitrogens is 3. The number of nitrogens with zero attached hydrogens (tertiary/aromatic N) is 3. The van der Waals surface area contributed by atoms with Crippen molar-refractivity contribution in [2.75, 3.05) is 19.5 Å². The van der Waals surface area contributed by atoms with Gasteiger partial charge in [-0.1, -0.05) is 30.3 Å². The molecular weight excluding hydrogens is 320 g/mol. The third-order valence-electron chi connectivity index (χ3n) is 3.73. The highest BCUT2D eigenvalue weighted by atomic mass is 16.5. The molecular formula is C18H18N4O3. The lowest BCUT2D eigenvalue weighted by Crippen LogP contribution is -2.23. The van der Waals surface area contributed by atoms with Crippen molar-refractivity contribution in [3.63, 3.8) is 0 Å². The summed E-state index contributed by atoms with van der Waals surface area (Å²) in [6, 6.07) is 14.7. The first kappa shape index (κ1) is 16.7. The summed E-state index contributed by atoms with van der Waals surface area (Å²) in [6.07, 6.45) is 2.44. The van der Waals surface area contributed by atoms with E-state index in [-0.39, 0.29) is 5.91 Å². The zero-order chi connectivity index (χ0) is 17.6. The molecule has 0 fully saturated rings. The Morgan fingerprint density at radius 1 is 1.08 bits per heavy atom. The molecule has 1 unspecified atom stereocenters. The minimum Gasteiger partial charge on any atom is -0.495 e. The van der Waals surface area contributed by atoms with E-state index in [1.54, 1.807) is 36.5 Å². The predicted octanol–water partition coefficient (Wildman–Crippen LogP) is 2.60. The van der Waals surface area contributed by atoms with Crippen LogP contribution in [-0.2, 0) is 9.53 Å². The van der Waals surface area contributed by atoms with Crippen LogP contribution >= 0.6 is 0 Å². The van der Waals surface area contributed by atoms with Gasteiger partial charge in [-0.25, -0.2) is 0 Å². The summed E-state index contributed by atoms with van der Waals surface area (Å²) < 4.78 is 12.4. The van der Waals surface area contributed by atoms with Crippen LogP contribution in [0.2, 0.25) is 0 Å². The third kappa shape index (κ3) is 3.67. The van der Waals surface area contributed by atoms with Gasteiger partial charge >= 0.3 is 0 Å². The fourth-order valence-electron chi connectivity index (χ4n) is 2.51. The van der Waals surface area contributed by atoms with E-state index in [2.05, 4.69) is 15.5 Å². The molecule has 0 aliphatic heterocycles. The van der Waals surface area contributed by atoms with Gasteiger partial charge in [0.1, 0.15) is 18.4 Å². The number of hydrogen-bond acceptors (Lipinski definition) is 5. The maximum atomic E-state index is 12.7. The van der Waals surface area contributed by atoms with E-state index in [9.17, 15) is 4.79 Å². The fraction of sp³-hybridized carbons (Fsp3) is 0.167. The number of anilines is 1. The van der Waals surface area contributed by atoms with Crippen LogP contribution in [0.25, 0.3) is 5.69 Å². The van der Waals surface area contributed by atoms with E-state index in [1.165, 1.54) is 7.11 Å². The van der Waals surface area contributed by atoms with Gasteiger partial charge in [0.15, 0.2) is 6.10 Å². The normalized spacial score (nSPS) is 11.8. The van der Waals surface area contributed by atoms with Crippen molar-refractivity contribution in [2.24, 2.45) is 0 Å². The van der Waals surface area contributed by atoms with Crippen LogP contribution in [0.15, 0.2) is 61.2 Å². The Balaban J connectivity index is 1.88. The van der Waals surface area contributed by atoms with Gasteiger partial charge in [-0.2, -0.15) is 0 Å². The predicted molar refractivity (Wildman–Crippen MR) is 92.7 cm³/mol. The van der Waals surface area contributed by atoms with E-state index in [0.717, 1.165) is 11.3 Å². The number of methoxy groups -OCH3 is 2. The quantitative estimate of drug-likeness (QED) is 0.747. The number of ether oxygens (including phenoxy) is 2. The zero-order valence-electron chi connectivity index (χ0n) is 13.9. The highest BCUT2D eigenvalue weighted by Crippen LogP contribution is 2.28. The second-order valence-corrected chi connectivity index (χ2v) is 5.27. The van der Waals surface area contributed by atoms with E-state index < -0.39 is 6.10 Å². The van der Waals surface area contributed by atoms with Crippen LogP contribution in [0.5, 0.6) is 5.75 Å². The molecule has 1 heterocycles. The van der Waals surface area contributed by atoms with Crippen LogP contribution < -0.4 is 10.1 Å². The molecule has 128 valence electrons. The van der Waals surface area contributed by atoms with E-state index in [4.69, 9.17) is 9.47 Å². The van der Waals surface area contributed by atoms with Crippen molar-refractivity contribution in [1.82, 2.24) is 14.8 Å². The Hall–Kier alpha value is -3.19. The Labute approximate surface area is 145 Å². The number of amides is 1. The molecule has 2 aromatic carbocycles. The summed E-state index contributed by atoms with van der Waals surface area (Å²) in [5.74, 6) is 0.265. The van der Waals surface area contributed by atoms with Gasteiger partial charge in [0.2, 0.25) is 0 Å². The van der Waals surface area contributed by atoms with Crippen LogP contribution in [0.1, 0.15) is 11.7 Å². The molecule has 3 aromatic rings. The Kier molecular flexibility index (Phi) is 5.06. The molecule has 7 nitrogen and oxygen atoms in total. The Morgan fingerprint density at radius 3 is 2.44 bits per heavy atom. The number of hydrogen-bond donors (Lipinski definition) is 1. The van der Waals surface area contributed by atoms with Gasteiger partial charge in [-0.3, -0.25) is 9.36 Å². The molecule has 1 aromatic heterocycles. The molecule has 25 heavy (non-hydrogen) atoms. The van der Waals surface area contributed by atoms with Gasteiger partial charge in [0, 0.05) is 7.11 Å². The largest absolute Gasteiger partial charge is 0.495 e. The first-order valence-corrected chi connectivity index (χ1v) is 7.64. The second-order valence-electron chi connectivity index (χ2n) is 5.27. The van der Waals surface area contributed by atoms with E-state index >= 15 is 0 Å². The number of nitrogens with one attached hydrogen (secondary N) is 1. The lowest BCUT2D eigenvalue weighted by atomic mass is 10.1. The Bertz CT molecular complexity index is 835. The molecule has 1 atom stereocenters. The summed E-state index contributed by atoms with van der Waals surface area (Å²) in [4.78, 5) is 12.7. The molecule has 1 N–H and O–H groups in total. The standard InChI is InChI=1S/C18H18N4O3/c1-24-16-9-8-14(22-11-19-20-12-22)10-15(16)21-18(23)17(25-2)13-6-4-3-5-7-13/h3-12,17H,1-2H3,(H,21,23). The zero-order valence-corrected chi connectivity index (χ0v) is 13.9. The molecule has 0 spiro atoms. The van der Waals surface area contributed by atoms with Crippen molar-refractivity contribution in [3.8, 4) is 11.4 Å². The molecule has 1 amide bonds. The molecule has 0 aliphatic rings. The third-order valence-corrected chi connectivity index (χ3v) is 3.73. The smallest absolute Gasteiger partial charge is 0.258 e. The van der Waals surface area contributed by atoms with Gasteiger partial charge in [-0.05, 0) is 23.8 Å². The van der Waals surface area contributed by atoms with Gasteiger partial charge in [0.25, 0.3) is 5.91 Å². The Morgan fingerprint density at radius 2 is 1.80 bits per heavy atom. The molecule has 0 saturated heterocycles. The molecule has 0 radical (unpaired) electrons. The van der Waals surface area contributed by atoms with Crippen molar-refractivity contribution >= 4 is 11.6 Å². The highest BCUT2D eigenvalue weighted by Gasteiger charge is 2.21. The van der Waals surface area contributed by atoms with Crippen molar-refractivity contribution in [3.05, 3.63) is 66.7 Å². The van der Waals surface area contributed by atoms with Gasteiger partial charge < -0.3 is 14.8 Å². The van der Waals surface area contributed by atoms with Crippen molar-refractivity contribution < 1.29 is 14.3 Å². The lowest BCUT2D eigenvalue weighted by molar-refractivity contribution is -0.126. The first-order valence-electron chi connectivity index (χ1n) is 7.64. The van der Waals surface area contributed by atoms with Crippen LogP contribution in [0.3, 0.4) is 0 Å². The summed E-state index contributed by atoms with van der Waals surface area (Å²) >= 11 is 0. The topological polar surface area (TPSA) is 78.3 Å². The van der Waals surface area contributed by atoms with Gasteiger partial charge in [0.05, 0.1) is 18.5 Å². The van der Waals surface area contributed by atoms with E-state index in [1.807, 2.05) is 36.4 Å². The summed E-state index contributed by atoms with van der Waals surface area (Å²) in [7, 11) is 3.05. The lowest BCUT2D eigenvalue weighted by Gasteiger charge is -2.17. The maximum Gasteiger partial charge on any atom is 0.258 e. The molecule has 0 bridgehead atoms. The molecule has 7 heteroatoms. The average Bonchev–Trinajstić information content (AvgIpc) is 3.18. The first-order chi connectivity index (χ1) is 12.2. The molecule has 0 aliphatic carbocycles. The van der Waals surface area contributed by atoms with Crippen LogP contribution in [0.4, 0.5) is 5.69 Å². The number of rotatable bonds is 6. The average molecular weight is 338 g/mol. The van der Waals surface area contributed by atoms with Crippen molar-refractivity contribution in [2.45, 2.75) is 6.10 Å². The summed E-state index contributed by atoms with van der Waals surface area (Å²) in [6.45, 7) is 0. The van der Waals surface area contributed by atoms with Gasteiger partial charge in [-0.15, -0.1) is 10.2 Å². The van der Waals surface area contributed by atoms with Crippen LogP contribution in [0, 0.1) is 0 Å². The van der Waals surface area contributed by atoms with Crippen molar-refractivity contribution in [1.29, 1.82) is 0 Å². The molecule has 3 rings (SSSR count). The summed E-state index contributed by atoms with van der Waals surface area (Å²) in [5.41, 5.74) is 2.11. The maximum absolute atomic E-state index is 12.7. The minimum absolute atomic E-state index is 0.284. The minimum atomic E-state index is -0.718. The monoisotopic (exact) mass is 338 g/mol. The summed E-state index contributed by atoms with van der Waals surface area (Å²) in [5, 5.41) is 10.4. The number of carbonyl (C=O) groups excluding carboxylic acids is 1. The molecule has 0 saturated carbocycles. The SMILES string of the molecule is COc1ccc(-n2cnnc2)cc1NC(=O)C(OC)c1ccccc1. The second kappa shape index (κ2) is 7.59. The number of carbonyl (C=O) groups is 1. The fourth-order valence-corrected chi connectivity index (χ4v) is 2.51.